The van der Waals surface area contributed by atoms with Gasteiger partial charge in [0.1, 0.15) is 5.82 Å². The lowest BCUT2D eigenvalue weighted by Gasteiger charge is -2.29. The van der Waals surface area contributed by atoms with Gasteiger partial charge in [0.05, 0.1) is 17.8 Å². The van der Waals surface area contributed by atoms with Gasteiger partial charge in [-0.3, -0.25) is 9.78 Å². The van der Waals surface area contributed by atoms with Crippen molar-refractivity contribution in [3.05, 3.63) is 113 Å². The molecule has 1 saturated heterocycles. The van der Waals surface area contributed by atoms with Gasteiger partial charge >= 0.3 is 0 Å². The number of rotatable bonds is 7. The maximum Gasteiger partial charge on any atom is 0.226 e. The van der Waals surface area contributed by atoms with Gasteiger partial charge in [0.15, 0.2) is 5.11 Å². The molecule has 0 spiro atoms. The number of hydrogen-bond acceptors (Lipinski definition) is 3. The molecule has 1 fully saturated rings. The van der Waals surface area contributed by atoms with E-state index in [1.54, 1.807) is 6.20 Å². The van der Waals surface area contributed by atoms with Crippen LogP contribution >= 0.6 is 23.8 Å². The molecule has 188 valence electrons. The van der Waals surface area contributed by atoms with E-state index in [1.165, 1.54) is 24.3 Å². The van der Waals surface area contributed by atoms with Crippen molar-refractivity contribution in [1.29, 1.82) is 0 Å². The molecule has 0 radical (unpaired) electrons. The number of halogens is 2. The average Bonchev–Trinajstić information content (AvgIpc) is 3.50. The summed E-state index contributed by atoms with van der Waals surface area (Å²) in [5, 5.41) is 7.51. The number of anilines is 1. The Kier molecular flexibility index (Phi) is 7.21. The van der Waals surface area contributed by atoms with Crippen molar-refractivity contribution in [2.75, 3.05) is 11.9 Å². The topological polar surface area (TPSA) is 62.2 Å². The molecule has 0 aliphatic carbocycles. The second kappa shape index (κ2) is 10.7. The first-order valence-corrected chi connectivity index (χ1v) is 12.7. The molecule has 2 aromatic heterocycles. The van der Waals surface area contributed by atoms with Crippen molar-refractivity contribution in [3.8, 4) is 5.69 Å². The molecule has 5 rings (SSSR count). The third kappa shape index (κ3) is 5.35. The number of pyridine rings is 1. The van der Waals surface area contributed by atoms with Crippen molar-refractivity contribution in [3.63, 3.8) is 0 Å². The van der Waals surface area contributed by atoms with E-state index < -0.39 is 0 Å². The van der Waals surface area contributed by atoms with Crippen LogP contribution < -0.4 is 10.6 Å². The molecule has 2 aromatic carbocycles. The van der Waals surface area contributed by atoms with Crippen LogP contribution in [0, 0.1) is 12.7 Å². The fraction of sp³-hybridized carbons (Fsp3) is 0.179. The quantitative estimate of drug-likeness (QED) is 0.286. The molecule has 37 heavy (non-hydrogen) atoms. The molecular formula is C28H25ClFN5OS. The van der Waals surface area contributed by atoms with Crippen molar-refractivity contribution >= 4 is 40.5 Å². The maximum atomic E-state index is 13.2. The Balaban J connectivity index is 1.44. The molecule has 1 amide bonds. The number of benzene rings is 2. The molecule has 2 atom stereocenters. The molecule has 6 nitrogen and oxygen atoms in total. The zero-order chi connectivity index (χ0) is 25.9. The number of thiocarbonyl (C=S) groups is 1. The van der Waals surface area contributed by atoms with E-state index >= 15 is 0 Å². The van der Waals surface area contributed by atoms with Crippen LogP contribution in [-0.4, -0.2) is 32.0 Å². The summed E-state index contributed by atoms with van der Waals surface area (Å²) in [6.07, 6.45) is 3.97. The van der Waals surface area contributed by atoms with E-state index in [0.717, 1.165) is 22.6 Å². The van der Waals surface area contributed by atoms with Gasteiger partial charge in [-0.25, -0.2) is 4.39 Å². The van der Waals surface area contributed by atoms with Crippen LogP contribution in [0.1, 0.15) is 35.5 Å². The van der Waals surface area contributed by atoms with Gasteiger partial charge in [0.2, 0.25) is 5.91 Å². The number of carbonyl (C=O) groups excluding carboxylic acids is 1. The van der Waals surface area contributed by atoms with Crippen molar-refractivity contribution < 1.29 is 9.18 Å². The summed E-state index contributed by atoms with van der Waals surface area (Å²) in [7, 11) is 0. The first-order valence-electron chi connectivity index (χ1n) is 11.9. The van der Waals surface area contributed by atoms with Gasteiger partial charge in [-0.05, 0) is 91.4 Å². The fourth-order valence-electron chi connectivity index (χ4n) is 4.60. The first kappa shape index (κ1) is 24.9. The fourth-order valence-corrected chi connectivity index (χ4v) is 5.04. The summed E-state index contributed by atoms with van der Waals surface area (Å²) in [4.78, 5) is 19.4. The SMILES string of the molecule is Cc1cc(-n2cccc2C2C(c3ccccn3)NC(=S)N2CCC(=O)Nc2ccc(F)cc2)ccc1Cl. The van der Waals surface area contributed by atoms with Gasteiger partial charge in [0.25, 0.3) is 0 Å². The molecule has 9 heteroatoms. The summed E-state index contributed by atoms with van der Waals surface area (Å²) < 4.78 is 15.3. The van der Waals surface area contributed by atoms with Crippen molar-refractivity contribution in [1.82, 2.24) is 19.8 Å². The van der Waals surface area contributed by atoms with Crippen LogP contribution in [0.4, 0.5) is 10.1 Å². The van der Waals surface area contributed by atoms with Crippen molar-refractivity contribution in [2.24, 2.45) is 0 Å². The molecule has 1 aliphatic rings. The molecule has 4 aromatic rings. The van der Waals surface area contributed by atoms with Crippen LogP contribution in [0.2, 0.25) is 5.02 Å². The summed E-state index contributed by atoms with van der Waals surface area (Å²) in [5.41, 5.74) is 4.36. The number of nitrogens with one attached hydrogen (secondary N) is 2. The summed E-state index contributed by atoms with van der Waals surface area (Å²) >= 11 is 12.0. The van der Waals surface area contributed by atoms with E-state index in [1.807, 2.05) is 60.5 Å². The average molecular weight is 534 g/mol. The molecule has 1 aliphatic heterocycles. The lowest BCUT2D eigenvalue weighted by Crippen LogP contribution is -2.33. The first-order chi connectivity index (χ1) is 17.9. The second-order valence-corrected chi connectivity index (χ2v) is 9.66. The van der Waals surface area contributed by atoms with Gasteiger partial charge in [-0.2, -0.15) is 0 Å². The number of aryl methyl sites for hydroxylation is 1. The number of amides is 1. The molecule has 2 unspecified atom stereocenters. The zero-order valence-corrected chi connectivity index (χ0v) is 21.6. The maximum absolute atomic E-state index is 13.2. The number of nitrogens with zero attached hydrogens (tertiary/aromatic N) is 3. The van der Waals surface area contributed by atoms with Gasteiger partial charge in [-0.15, -0.1) is 0 Å². The predicted octanol–water partition coefficient (Wildman–Crippen LogP) is 5.97. The lowest BCUT2D eigenvalue weighted by molar-refractivity contribution is -0.116. The standard InChI is InChI=1S/C28H25ClFN5OS/c1-18-17-21(11-12-22(18)29)34-15-4-6-24(34)27-26(23-5-2-3-14-31-23)33-28(37)35(27)16-13-25(36)32-20-9-7-19(30)8-10-20/h2-12,14-15,17,26-27H,13,16H2,1H3,(H,32,36)(H,33,37). The molecule has 3 heterocycles. The van der Waals surface area contributed by atoms with E-state index in [2.05, 4.69) is 26.3 Å². The number of aromatic nitrogens is 2. The monoisotopic (exact) mass is 533 g/mol. The Hall–Kier alpha value is -3.75. The molecule has 0 saturated carbocycles. The zero-order valence-electron chi connectivity index (χ0n) is 20.1. The van der Waals surface area contributed by atoms with Crippen LogP contribution in [0.5, 0.6) is 0 Å². The highest BCUT2D eigenvalue weighted by Gasteiger charge is 2.41. The largest absolute Gasteiger partial charge is 0.352 e. The summed E-state index contributed by atoms with van der Waals surface area (Å²) in [6, 6.07) is 21.0. The van der Waals surface area contributed by atoms with Crippen LogP contribution in [0.25, 0.3) is 5.69 Å². The smallest absolute Gasteiger partial charge is 0.226 e. The third-order valence-corrected chi connectivity index (χ3v) is 7.18. The Bertz CT molecular complexity index is 1430. The minimum absolute atomic E-state index is 0.182. The molecular weight excluding hydrogens is 509 g/mol. The predicted molar refractivity (Wildman–Crippen MR) is 147 cm³/mol. The Morgan fingerprint density at radius 2 is 1.95 bits per heavy atom. The summed E-state index contributed by atoms with van der Waals surface area (Å²) in [6.45, 7) is 2.36. The van der Waals surface area contributed by atoms with Crippen LogP contribution in [0.15, 0.2) is 85.2 Å². The second-order valence-electron chi connectivity index (χ2n) is 8.86. The Morgan fingerprint density at radius 1 is 1.14 bits per heavy atom. The van der Waals surface area contributed by atoms with Gasteiger partial charge in [-0.1, -0.05) is 17.7 Å². The highest BCUT2D eigenvalue weighted by atomic mass is 35.5. The molecule has 2 N–H and O–H groups in total. The normalized spacial score (nSPS) is 17.1. The third-order valence-electron chi connectivity index (χ3n) is 6.41. The Morgan fingerprint density at radius 3 is 2.68 bits per heavy atom. The van der Waals surface area contributed by atoms with Gasteiger partial charge in [0, 0.05) is 47.5 Å². The van der Waals surface area contributed by atoms with E-state index in [-0.39, 0.29) is 30.2 Å². The van der Waals surface area contributed by atoms with Crippen LogP contribution in [-0.2, 0) is 4.79 Å². The highest BCUT2D eigenvalue weighted by Crippen LogP contribution is 2.39. The number of carbonyl (C=O) groups is 1. The lowest BCUT2D eigenvalue weighted by atomic mass is 10.0. The minimum atomic E-state index is -0.353. The Labute approximate surface area is 225 Å². The van der Waals surface area contributed by atoms with Gasteiger partial charge < -0.3 is 20.1 Å². The van der Waals surface area contributed by atoms with E-state index in [9.17, 15) is 9.18 Å². The van der Waals surface area contributed by atoms with Crippen molar-refractivity contribution in [2.45, 2.75) is 25.4 Å². The summed E-state index contributed by atoms with van der Waals surface area (Å²) in [5.74, 6) is -0.535. The minimum Gasteiger partial charge on any atom is -0.352 e. The van der Waals surface area contributed by atoms with Crippen LogP contribution in [0.3, 0.4) is 0 Å². The highest BCUT2D eigenvalue weighted by molar-refractivity contribution is 7.80. The van der Waals surface area contributed by atoms with E-state index in [4.69, 9.17) is 23.8 Å². The number of hydrogen-bond donors (Lipinski definition) is 2. The molecule has 0 bridgehead atoms. The van der Waals surface area contributed by atoms with E-state index in [0.29, 0.717) is 22.4 Å².